The van der Waals surface area contributed by atoms with E-state index in [1.54, 1.807) is 17.0 Å². The average Bonchev–Trinajstić information content (AvgIpc) is 2.58. The number of benzene rings is 1. The largest absolute Gasteiger partial charge is 0.452 e. The lowest BCUT2D eigenvalue weighted by Crippen LogP contribution is -2.38. The molecular weight excluding hydrogens is 300 g/mol. The molecule has 0 radical (unpaired) electrons. The molecule has 1 amide bonds. The third kappa shape index (κ3) is 4.91. The number of piperidine rings is 1. The summed E-state index contributed by atoms with van der Waals surface area (Å²) in [5.74, 6) is -0.911. The molecule has 0 atom stereocenters. The highest BCUT2D eigenvalue weighted by molar-refractivity contribution is 5.89. The van der Waals surface area contributed by atoms with Crippen molar-refractivity contribution in [2.45, 2.75) is 19.3 Å². The molecule has 1 aromatic carbocycles. The number of nitrogens with zero attached hydrogens (tertiary/aromatic N) is 2. The van der Waals surface area contributed by atoms with Gasteiger partial charge in [0, 0.05) is 25.2 Å². The van der Waals surface area contributed by atoms with Crippen molar-refractivity contribution in [2.75, 3.05) is 19.7 Å². The van der Waals surface area contributed by atoms with Gasteiger partial charge in [0.1, 0.15) is 0 Å². The Balaban J connectivity index is 1.87. The topological polar surface area (TPSA) is 89.7 Å². The number of nitro benzene ring substituents is 1. The van der Waals surface area contributed by atoms with E-state index in [0.29, 0.717) is 18.7 Å². The second-order valence-electron chi connectivity index (χ2n) is 5.20. The van der Waals surface area contributed by atoms with E-state index in [2.05, 4.69) is 0 Å². The maximum Gasteiger partial charge on any atom is 0.331 e. The van der Waals surface area contributed by atoms with Crippen LogP contribution in [0.5, 0.6) is 0 Å². The van der Waals surface area contributed by atoms with Gasteiger partial charge < -0.3 is 9.64 Å². The Morgan fingerprint density at radius 2 is 1.91 bits per heavy atom. The number of carbonyl (C=O) groups is 2. The van der Waals surface area contributed by atoms with Crippen LogP contribution in [0, 0.1) is 10.1 Å². The molecule has 0 bridgehead atoms. The lowest BCUT2D eigenvalue weighted by molar-refractivity contribution is -0.385. The molecule has 7 heteroatoms. The summed E-state index contributed by atoms with van der Waals surface area (Å²) in [4.78, 5) is 35.5. The highest BCUT2D eigenvalue weighted by atomic mass is 16.6. The Bertz CT molecular complexity index is 621. The quantitative estimate of drug-likeness (QED) is 0.359. The Kier molecular flexibility index (Phi) is 5.85. The number of para-hydroxylation sites is 1. The van der Waals surface area contributed by atoms with Gasteiger partial charge in [-0.05, 0) is 31.4 Å². The van der Waals surface area contributed by atoms with Crippen molar-refractivity contribution in [1.82, 2.24) is 4.90 Å². The molecule has 122 valence electrons. The molecule has 0 unspecified atom stereocenters. The van der Waals surface area contributed by atoms with Crippen LogP contribution in [0.25, 0.3) is 6.08 Å². The Hall–Kier alpha value is -2.70. The minimum Gasteiger partial charge on any atom is -0.452 e. The van der Waals surface area contributed by atoms with E-state index < -0.39 is 10.9 Å². The lowest BCUT2D eigenvalue weighted by atomic mass is 10.1. The van der Waals surface area contributed by atoms with Gasteiger partial charge in [-0.1, -0.05) is 12.1 Å². The fourth-order valence-corrected chi connectivity index (χ4v) is 2.37. The highest BCUT2D eigenvalue weighted by Crippen LogP contribution is 2.18. The Morgan fingerprint density at radius 3 is 2.61 bits per heavy atom. The van der Waals surface area contributed by atoms with Gasteiger partial charge in [0.25, 0.3) is 11.6 Å². The predicted octanol–water partition coefficient (Wildman–Crippen LogP) is 2.16. The molecule has 0 saturated carbocycles. The Labute approximate surface area is 133 Å². The van der Waals surface area contributed by atoms with Crippen LogP contribution in [-0.4, -0.2) is 41.4 Å². The number of hydrogen-bond acceptors (Lipinski definition) is 5. The third-order valence-corrected chi connectivity index (χ3v) is 3.58. The second-order valence-corrected chi connectivity index (χ2v) is 5.20. The first kappa shape index (κ1) is 16.7. The van der Waals surface area contributed by atoms with E-state index in [0.717, 1.165) is 25.3 Å². The highest BCUT2D eigenvalue weighted by Gasteiger charge is 2.17. The fourth-order valence-electron chi connectivity index (χ4n) is 2.37. The molecule has 1 fully saturated rings. The van der Waals surface area contributed by atoms with Crippen LogP contribution in [-0.2, 0) is 14.3 Å². The van der Waals surface area contributed by atoms with E-state index in [-0.39, 0.29) is 18.2 Å². The van der Waals surface area contributed by atoms with Gasteiger partial charge in [0.05, 0.1) is 10.5 Å². The van der Waals surface area contributed by atoms with Crippen LogP contribution in [0.15, 0.2) is 30.3 Å². The molecule has 0 spiro atoms. The number of rotatable bonds is 5. The second kappa shape index (κ2) is 8.07. The number of ether oxygens (including phenoxy) is 1. The molecule has 1 aliphatic heterocycles. The molecule has 2 rings (SSSR count). The number of carbonyl (C=O) groups excluding carboxylic acids is 2. The monoisotopic (exact) mass is 318 g/mol. The van der Waals surface area contributed by atoms with Crippen molar-refractivity contribution in [3.05, 3.63) is 46.0 Å². The van der Waals surface area contributed by atoms with Crippen molar-refractivity contribution in [2.24, 2.45) is 0 Å². The maximum absolute atomic E-state index is 11.9. The van der Waals surface area contributed by atoms with Crippen LogP contribution in [0.3, 0.4) is 0 Å². The lowest BCUT2D eigenvalue weighted by Gasteiger charge is -2.26. The van der Waals surface area contributed by atoms with Crippen molar-refractivity contribution in [1.29, 1.82) is 0 Å². The predicted molar refractivity (Wildman–Crippen MR) is 83.5 cm³/mol. The van der Waals surface area contributed by atoms with Crippen LogP contribution in [0.4, 0.5) is 5.69 Å². The van der Waals surface area contributed by atoms with E-state index in [1.807, 2.05) is 0 Å². The van der Waals surface area contributed by atoms with E-state index in [9.17, 15) is 19.7 Å². The first-order valence-electron chi connectivity index (χ1n) is 7.44. The zero-order valence-electron chi connectivity index (χ0n) is 12.6. The molecular formula is C16H18N2O5. The minimum atomic E-state index is -0.700. The third-order valence-electron chi connectivity index (χ3n) is 3.58. The van der Waals surface area contributed by atoms with Gasteiger partial charge in [-0.15, -0.1) is 0 Å². The molecule has 7 nitrogen and oxygen atoms in total. The molecule has 1 saturated heterocycles. The number of likely N-dealkylation sites (tertiary alicyclic amines) is 1. The van der Waals surface area contributed by atoms with Crippen LogP contribution in [0.1, 0.15) is 24.8 Å². The van der Waals surface area contributed by atoms with E-state index >= 15 is 0 Å². The van der Waals surface area contributed by atoms with Gasteiger partial charge >= 0.3 is 5.97 Å². The number of esters is 1. The number of nitro groups is 1. The van der Waals surface area contributed by atoms with Crippen LogP contribution >= 0.6 is 0 Å². The molecule has 0 aliphatic carbocycles. The molecule has 0 aromatic heterocycles. The van der Waals surface area contributed by atoms with Crippen molar-refractivity contribution in [3.63, 3.8) is 0 Å². The van der Waals surface area contributed by atoms with Gasteiger partial charge in [-0.3, -0.25) is 14.9 Å². The summed E-state index contributed by atoms with van der Waals surface area (Å²) in [7, 11) is 0. The van der Waals surface area contributed by atoms with E-state index in [1.165, 1.54) is 18.2 Å². The molecule has 1 aromatic rings. The molecule has 1 heterocycles. The summed E-state index contributed by atoms with van der Waals surface area (Å²) in [6.07, 6.45) is 5.45. The first-order chi connectivity index (χ1) is 11.1. The summed E-state index contributed by atoms with van der Waals surface area (Å²) in [6.45, 7) is 1.09. The molecule has 0 N–H and O–H groups in total. The normalized spacial score (nSPS) is 14.7. The van der Waals surface area contributed by atoms with E-state index in [4.69, 9.17) is 4.74 Å². The van der Waals surface area contributed by atoms with Crippen molar-refractivity contribution >= 4 is 23.6 Å². The summed E-state index contributed by atoms with van der Waals surface area (Å²) in [5, 5.41) is 10.9. The zero-order chi connectivity index (χ0) is 16.7. The fraction of sp³-hybridized carbons (Fsp3) is 0.375. The van der Waals surface area contributed by atoms with Crippen LogP contribution in [0.2, 0.25) is 0 Å². The number of amides is 1. The Morgan fingerprint density at radius 1 is 1.22 bits per heavy atom. The van der Waals surface area contributed by atoms with Crippen molar-refractivity contribution < 1.29 is 19.2 Å². The molecule has 23 heavy (non-hydrogen) atoms. The SMILES string of the molecule is O=C(C=Cc1ccccc1[N+](=O)[O-])OCC(=O)N1CCCCC1. The van der Waals surface area contributed by atoms with Gasteiger partial charge in [-0.25, -0.2) is 4.79 Å². The standard InChI is InChI=1S/C16H18N2O5/c19-15(17-10-4-1-5-11-17)12-23-16(20)9-8-13-6-2-3-7-14(13)18(21)22/h2-3,6-9H,1,4-5,10-12H2. The van der Waals surface area contributed by atoms with Gasteiger partial charge in [0.15, 0.2) is 6.61 Å². The minimum absolute atomic E-state index is 0.0963. The van der Waals surface area contributed by atoms with Gasteiger partial charge in [0.2, 0.25) is 0 Å². The van der Waals surface area contributed by atoms with Crippen molar-refractivity contribution in [3.8, 4) is 0 Å². The average molecular weight is 318 g/mol. The van der Waals surface area contributed by atoms with Crippen LogP contribution < -0.4 is 0 Å². The molecule has 1 aliphatic rings. The smallest absolute Gasteiger partial charge is 0.331 e. The first-order valence-corrected chi connectivity index (χ1v) is 7.44. The summed E-state index contributed by atoms with van der Waals surface area (Å²) < 4.78 is 4.89. The summed E-state index contributed by atoms with van der Waals surface area (Å²) in [6, 6.07) is 6.06. The summed E-state index contributed by atoms with van der Waals surface area (Å²) >= 11 is 0. The zero-order valence-corrected chi connectivity index (χ0v) is 12.6. The summed E-state index contributed by atoms with van der Waals surface area (Å²) in [5.41, 5.74) is 0.206. The number of hydrogen-bond donors (Lipinski definition) is 0. The maximum atomic E-state index is 11.9. The van der Waals surface area contributed by atoms with Gasteiger partial charge in [-0.2, -0.15) is 0 Å².